The third-order valence-electron chi connectivity index (χ3n) is 10.3. The Morgan fingerprint density at radius 1 is 1.21 bits per heavy atom. The van der Waals surface area contributed by atoms with E-state index in [-0.39, 0.29) is 47.3 Å². The smallest absolute Gasteiger partial charge is 0.190 e. The van der Waals surface area contributed by atoms with E-state index in [1.807, 2.05) is 19.9 Å². The van der Waals surface area contributed by atoms with Crippen LogP contribution in [0.4, 0.5) is 0 Å². The number of ether oxygens (including phenoxy) is 1. The summed E-state index contributed by atoms with van der Waals surface area (Å²) in [5.74, 6) is 0.367. The van der Waals surface area contributed by atoms with Gasteiger partial charge in [0.1, 0.15) is 12.2 Å². The number of carbonyl (C=O) groups is 2. The lowest BCUT2D eigenvalue weighted by Crippen LogP contribution is -2.63. The maximum absolute atomic E-state index is 13.4. The Balaban J connectivity index is 1.54. The average Bonchev–Trinajstić information content (AvgIpc) is 2.97. The highest BCUT2D eigenvalue weighted by molar-refractivity contribution is 5.92. The molecule has 5 nitrogen and oxygen atoms in total. The number of hydrogen-bond donors (Lipinski definition) is 2. The maximum Gasteiger partial charge on any atom is 0.190 e. The van der Waals surface area contributed by atoms with Crippen LogP contribution in [0.5, 0.6) is 0 Å². The molecule has 186 valence electrons. The molecule has 0 unspecified atom stereocenters. The van der Waals surface area contributed by atoms with Crippen LogP contribution in [-0.2, 0) is 14.3 Å². The van der Waals surface area contributed by atoms with Crippen molar-refractivity contribution in [3.05, 3.63) is 11.6 Å². The molecule has 0 spiro atoms. The van der Waals surface area contributed by atoms with Crippen molar-refractivity contribution in [2.45, 2.75) is 104 Å². The number of rotatable bonds is 8. The molecular formula is C28H44O5. The van der Waals surface area contributed by atoms with Gasteiger partial charge in [0, 0.05) is 18.4 Å². The van der Waals surface area contributed by atoms with Crippen LogP contribution in [0.3, 0.4) is 0 Å². The summed E-state index contributed by atoms with van der Waals surface area (Å²) in [5, 5.41) is 23.5. The fraction of sp³-hybridized carbons (Fsp3) is 0.857. The molecule has 0 heterocycles. The zero-order chi connectivity index (χ0) is 24.0. The van der Waals surface area contributed by atoms with Crippen LogP contribution in [-0.4, -0.2) is 46.7 Å². The summed E-state index contributed by atoms with van der Waals surface area (Å²) in [7, 11) is 0. The molecule has 0 aromatic carbocycles. The minimum Gasteiger partial charge on any atom is -0.393 e. The van der Waals surface area contributed by atoms with Gasteiger partial charge in [-0.05, 0) is 73.7 Å². The summed E-state index contributed by atoms with van der Waals surface area (Å²) in [6, 6.07) is 0. The van der Waals surface area contributed by atoms with Crippen LogP contribution in [0.2, 0.25) is 0 Å². The second kappa shape index (κ2) is 9.20. The summed E-state index contributed by atoms with van der Waals surface area (Å²) in [6.45, 7) is 8.94. The lowest BCUT2D eigenvalue weighted by Gasteiger charge is -2.60. The monoisotopic (exact) mass is 460 g/mol. The van der Waals surface area contributed by atoms with E-state index in [1.165, 1.54) is 12.0 Å². The zero-order valence-corrected chi connectivity index (χ0v) is 21.1. The van der Waals surface area contributed by atoms with E-state index < -0.39 is 17.1 Å². The molecule has 0 radical (unpaired) electrons. The normalized spacial score (nSPS) is 44.6. The standard InChI is InChI=1S/C28H44O5/c1-5-6-7-8-13-33-17-24(31)28(32)18(2)14-22-21-10-9-19-15-20(29)11-12-26(19,3)25(21)23(30)16-27(22,28)4/h15,18,21-23,25,30,32H,5-14,16-17H2,1-4H3/t18-,21+,22+,23+,25-,26+,27+,28+/m1/s1. The zero-order valence-electron chi connectivity index (χ0n) is 21.1. The Kier molecular flexibility index (Phi) is 6.99. The van der Waals surface area contributed by atoms with Gasteiger partial charge >= 0.3 is 0 Å². The molecule has 3 fully saturated rings. The number of Topliss-reactive ketones (excluding diaryl/α,β-unsaturated/α-hetero) is 1. The molecule has 4 rings (SSSR count). The maximum atomic E-state index is 13.4. The van der Waals surface area contributed by atoms with E-state index in [9.17, 15) is 19.8 Å². The third-order valence-corrected chi connectivity index (χ3v) is 10.3. The van der Waals surface area contributed by atoms with Gasteiger partial charge in [0.05, 0.1) is 6.10 Å². The van der Waals surface area contributed by atoms with Crippen LogP contribution in [0.25, 0.3) is 0 Å². The van der Waals surface area contributed by atoms with E-state index in [0.717, 1.165) is 44.9 Å². The number of aliphatic hydroxyl groups excluding tert-OH is 1. The highest BCUT2D eigenvalue weighted by atomic mass is 16.5. The molecule has 2 N–H and O–H groups in total. The van der Waals surface area contributed by atoms with Gasteiger partial charge in [0.25, 0.3) is 0 Å². The molecule has 0 amide bonds. The summed E-state index contributed by atoms with van der Waals surface area (Å²) in [4.78, 5) is 25.5. The first kappa shape index (κ1) is 25.1. The van der Waals surface area contributed by atoms with Crippen molar-refractivity contribution >= 4 is 11.6 Å². The van der Waals surface area contributed by atoms with Gasteiger partial charge in [-0.25, -0.2) is 0 Å². The molecule has 4 aliphatic rings. The summed E-state index contributed by atoms with van der Waals surface area (Å²) < 4.78 is 5.71. The van der Waals surface area contributed by atoms with Crippen molar-refractivity contribution in [1.82, 2.24) is 0 Å². The SMILES string of the molecule is CCCCCCOCC(=O)[C@@]1(O)[C@H](C)C[C@H]2[C@@H]3CCC4=CC(=O)CC[C@]4(C)[C@H]3[C@@H](O)C[C@@]21C. The topological polar surface area (TPSA) is 83.8 Å². The number of aliphatic hydroxyl groups is 2. The largest absolute Gasteiger partial charge is 0.393 e. The minimum atomic E-state index is -1.47. The number of allylic oxidation sites excluding steroid dienone is 1. The van der Waals surface area contributed by atoms with Crippen LogP contribution in [0.15, 0.2) is 11.6 Å². The number of ketones is 2. The molecule has 0 saturated heterocycles. The molecule has 0 aliphatic heterocycles. The Hall–Kier alpha value is -1.04. The van der Waals surface area contributed by atoms with Crippen molar-refractivity contribution < 1.29 is 24.5 Å². The van der Waals surface area contributed by atoms with Crippen molar-refractivity contribution in [3.8, 4) is 0 Å². The lowest BCUT2D eigenvalue weighted by atomic mass is 9.45. The number of carbonyl (C=O) groups excluding carboxylic acids is 2. The van der Waals surface area contributed by atoms with Gasteiger partial charge in [-0.1, -0.05) is 52.5 Å². The van der Waals surface area contributed by atoms with E-state index in [0.29, 0.717) is 19.4 Å². The molecule has 0 bridgehead atoms. The molecule has 5 heteroatoms. The van der Waals surface area contributed by atoms with Crippen LogP contribution in [0.1, 0.15) is 91.9 Å². The highest BCUT2D eigenvalue weighted by Crippen LogP contribution is 2.68. The van der Waals surface area contributed by atoms with Crippen LogP contribution >= 0.6 is 0 Å². The first-order chi connectivity index (χ1) is 15.6. The van der Waals surface area contributed by atoms with E-state index >= 15 is 0 Å². The molecule has 0 aromatic rings. The molecular weight excluding hydrogens is 416 g/mol. The summed E-state index contributed by atoms with van der Waals surface area (Å²) >= 11 is 0. The van der Waals surface area contributed by atoms with Crippen LogP contribution < -0.4 is 0 Å². The van der Waals surface area contributed by atoms with Gasteiger partial charge in [0.15, 0.2) is 11.6 Å². The van der Waals surface area contributed by atoms with Gasteiger partial charge in [-0.3, -0.25) is 9.59 Å². The number of hydrogen-bond acceptors (Lipinski definition) is 5. The van der Waals surface area contributed by atoms with E-state index in [4.69, 9.17) is 4.74 Å². The Morgan fingerprint density at radius 3 is 2.70 bits per heavy atom. The van der Waals surface area contributed by atoms with Crippen LogP contribution in [0, 0.1) is 34.5 Å². The fourth-order valence-corrected chi connectivity index (χ4v) is 8.52. The Labute approximate surface area is 199 Å². The second-order valence-electron chi connectivity index (χ2n) is 12.0. The minimum absolute atomic E-state index is 0.0494. The Bertz CT molecular complexity index is 804. The predicted molar refractivity (Wildman–Crippen MR) is 128 cm³/mol. The molecule has 3 saturated carbocycles. The van der Waals surface area contributed by atoms with Gasteiger partial charge in [-0.15, -0.1) is 0 Å². The van der Waals surface area contributed by atoms with Crippen molar-refractivity contribution in [2.75, 3.05) is 13.2 Å². The Morgan fingerprint density at radius 2 is 1.97 bits per heavy atom. The molecule has 8 atom stereocenters. The summed E-state index contributed by atoms with van der Waals surface area (Å²) in [6.07, 6.45) is 10.00. The fourth-order valence-electron chi connectivity index (χ4n) is 8.52. The summed E-state index contributed by atoms with van der Waals surface area (Å²) in [5.41, 5.74) is -1.08. The lowest BCUT2D eigenvalue weighted by molar-refractivity contribution is -0.188. The molecule has 33 heavy (non-hydrogen) atoms. The van der Waals surface area contributed by atoms with Gasteiger partial charge in [0.2, 0.25) is 0 Å². The average molecular weight is 461 g/mol. The molecule has 4 aliphatic carbocycles. The first-order valence-corrected chi connectivity index (χ1v) is 13.3. The quantitative estimate of drug-likeness (QED) is 0.516. The second-order valence-corrected chi connectivity index (χ2v) is 12.0. The highest BCUT2D eigenvalue weighted by Gasteiger charge is 2.70. The van der Waals surface area contributed by atoms with E-state index in [1.54, 1.807) is 0 Å². The van der Waals surface area contributed by atoms with Crippen molar-refractivity contribution in [1.29, 1.82) is 0 Å². The van der Waals surface area contributed by atoms with Crippen molar-refractivity contribution in [2.24, 2.45) is 34.5 Å². The number of fused-ring (bicyclic) bond motifs is 5. The predicted octanol–water partition coefficient (Wildman–Crippen LogP) is 4.63. The first-order valence-electron chi connectivity index (χ1n) is 13.3. The molecule has 0 aromatic heterocycles. The van der Waals surface area contributed by atoms with Gasteiger partial charge < -0.3 is 14.9 Å². The van der Waals surface area contributed by atoms with E-state index in [2.05, 4.69) is 13.8 Å². The number of unbranched alkanes of at least 4 members (excludes halogenated alkanes) is 3. The van der Waals surface area contributed by atoms with Crippen molar-refractivity contribution in [3.63, 3.8) is 0 Å². The van der Waals surface area contributed by atoms with Gasteiger partial charge in [-0.2, -0.15) is 0 Å². The third kappa shape index (κ3) is 3.87.